The molecule has 2 aromatic rings. The third-order valence-corrected chi connectivity index (χ3v) is 3.52. The number of hydrogen-bond donors (Lipinski definition) is 1. The number of ether oxygens (including phenoxy) is 2. The lowest BCUT2D eigenvalue weighted by Crippen LogP contribution is -2.18. The van der Waals surface area contributed by atoms with Gasteiger partial charge in [-0.25, -0.2) is 0 Å². The van der Waals surface area contributed by atoms with Crippen LogP contribution in [0.15, 0.2) is 42.5 Å². The van der Waals surface area contributed by atoms with Crippen LogP contribution in [-0.2, 0) is 13.0 Å². The first-order valence-corrected chi connectivity index (χ1v) is 7.26. The summed E-state index contributed by atoms with van der Waals surface area (Å²) in [7, 11) is 1.65. The van der Waals surface area contributed by atoms with E-state index in [1.165, 1.54) is 0 Å². The highest BCUT2D eigenvalue weighted by atomic mass is 35.5. The van der Waals surface area contributed by atoms with Crippen LogP contribution in [0, 0.1) is 0 Å². The molecule has 1 atom stereocenters. The second kappa shape index (κ2) is 7.34. The molecule has 3 nitrogen and oxygen atoms in total. The van der Waals surface area contributed by atoms with E-state index in [-0.39, 0.29) is 6.04 Å². The van der Waals surface area contributed by atoms with Crippen LogP contribution in [0.5, 0.6) is 11.5 Å². The van der Waals surface area contributed by atoms with Crippen LogP contribution in [0.25, 0.3) is 0 Å². The van der Waals surface area contributed by atoms with E-state index in [0.29, 0.717) is 11.6 Å². The van der Waals surface area contributed by atoms with Crippen molar-refractivity contribution in [1.82, 2.24) is 0 Å². The highest BCUT2D eigenvalue weighted by Crippen LogP contribution is 2.27. The van der Waals surface area contributed by atoms with Crippen molar-refractivity contribution in [2.75, 3.05) is 7.11 Å². The lowest BCUT2D eigenvalue weighted by Gasteiger charge is -2.15. The maximum atomic E-state index is 6.14. The maximum Gasteiger partial charge on any atom is 0.123 e. The van der Waals surface area contributed by atoms with Crippen LogP contribution < -0.4 is 15.2 Å². The fourth-order valence-electron chi connectivity index (χ4n) is 2.10. The average Bonchev–Trinajstić information content (AvgIpc) is 2.46. The molecule has 0 aliphatic heterocycles. The molecule has 4 heteroatoms. The van der Waals surface area contributed by atoms with Gasteiger partial charge in [0.1, 0.15) is 18.1 Å². The van der Waals surface area contributed by atoms with E-state index in [0.717, 1.165) is 29.0 Å². The van der Waals surface area contributed by atoms with Gasteiger partial charge in [-0.3, -0.25) is 0 Å². The smallest absolute Gasteiger partial charge is 0.123 e. The minimum Gasteiger partial charge on any atom is -0.497 e. The van der Waals surface area contributed by atoms with Gasteiger partial charge in [0.05, 0.1) is 7.11 Å². The summed E-state index contributed by atoms with van der Waals surface area (Å²) in [5.41, 5.74) is 7.90. The van der Waals surface area contributed by atoms with E-state index in [2.05, 4.69) is 0 Å². The van der Waals surface area contributed by atoms with Crippen molar-refractivity contribution in [2.45, 2.75) is 26.0 Å². The molecule has 0 amide bonds. The zero-order chi connectivity index (χ0) is 15.2. The predicted molar refractivity (Wildman–Crippen MR) is 86.1 cm³/mol. The van der Waals surface area contributed by atoms with Gasteiger partial charge in [0.15, 0.2) is 0 Å². The molecule has 112 valence electrons. The lowest BCUT2D eigenvalue weighted by atomic mass is 10.1. The first-order chi connectivity index (χ1) is 10.1. The third kappa shape index (κ3) is 4.38. The fourth-order valence-corrected chi connectivity index (χ4v) is 2.29. The van der Waals surface area contributed by atoms with E-state index in [4.69, 9.17) is 26.8 Å². The molecule has 0 aromatic heterocycles. The molecule has 0 spiro atoms. The Kier molecular flexibility index (Phi) is 5.48. The Morgan fingerprint density at radius 3 is 2.57 bits per heavy atom. The molecule has 2 rings (SSSR count). The van der Waals surface area contributed by atoms with Gasteiger partial charge < -0.3 is 15.2 Å². The Morgan fingerprint density at radius 1 is 1.14 bits per heavy atom. The Hall–Kier alpha value is -1.71. The largest absolute Gasteiger partial charge is 0.497 e. The van der Waals surface area contributed by atoms with Crippen LogP contribution in [0.2, 0.25) is 5.02 Å². The molecule has 0 bridgehead atoms. The van der Waals surface area contributed by atoms with Crippen molar-refractivity contribution < 1.29 is 9.47 Å². The Labute approximate surface area is 130 Å². The number of hydrogen-bond acceptors (Lipinski definition) is 3. The molecule has 0 saturated carbocycles. The summed E-state index contributed by atoms with van der Waals surface area (Å²) in [6.45, 7) is 2.40. The zero-order valence-corrected chi connectivity index (χ0v) is 13.1. The third-order valence-electron chi connectivity index (χ3n) is 3.15. The molecule has 0 radical (unpaired) electrons. The van der Waals surface area contributed by atoms with E-state index in [1.807, 2.05) is 49.4 Å². The molecular weight excluding hydrogens is 286 g/mol. The van der Waals surface area contributed by atoms with E-state index in [9.17, 15) is 0 Å². The maximum absolute atomic E-state index is 6.14. The average molecular weight is 306 g/mol. The number of rotatable bonds is 6. The molecule has 0 saturated heterocycles. The normalized spacial score (nSPS) is 12.0. The second-order valence-electron chi connectivity index (χ2n) is 5.04. The van der Waals surface area contributed by atoms with Crippen LogP contribution in [0.4, 0.5) is 0 Å². The van der Waals surface area contributed by atoms with Crippen molar-refractivity contribution in [3.8, 4) is 11.5 Å². The van der Waals surface area contributed by atoms with E-state index < -0.39 is 0 Å². The second-order valence-corrected chi connectivity index (χ2v) is 5.44. The molecule has 0 aliphatic carbocycles. The molecule has 1 unspecified atom stereocenters. The van der Waals surface area contributed by atoms with Gasteiger partial charge in [-0.2, -0.15) is 0 Å². The first kappa shape index (κ1) is 15.7. The lowest BCUT2D eigenvalue weighted by molar-refractivity contribution is 0.301. The van der Waals surface area contributed by atoms with Crippen molar-refractivity contribution in [1.29, 1.82) is 0 Å². The zero-order valence-electron chi connectivity index (χ0n) is 12.3. The summed E-state index contributed by atoms with van der Waals surface area (Å²) in [4.78, 5) is 0. The van der Waals surface area contributed by atoms with Crippen molar-refractivity contribution in [3.05, 3.63) is 58.6 Å². The van der Waals surface area contributed by atoms with Crippen molar-refractivity contribution >= 4 is 11.6 Å². The van der Waals surface area contributed by atoms with Gasteiger partial charge in [0.2, 0.25) is 0 Å². The number of nitrogens with two attached hydrogens (primary N) is 1. The first-order valence-electron chi connectivity index (χ1n) is 6.89. The van der Waals surface area contributed by atoms with Gasteiger partial charge in [-0.05, 0) is 43.2 Å². The Balaban J connectivity index is 2.17. The summed E-state index contributed by atoms with van der Waals surface area (Å²) in [6, 6.07) is 13.5. The summed E-state index contributed by atoms with van der Waals surface area (Å²) in [6.07, 6.45) is 0.731. The van der Waals surface area contributed by atoms with Crippen LogP contribution in [0.1, 0.15) is 18.1 Å². The SMILES string of the molecule is COc1ccc(OCc2ccccc2Cl)c(CC(C)N)c1. The highest BCUT2D eigenvalue weighted by molar-refractivity contribution is 6.31. The Bertz CT molecular complexity index is 599. The van der Waals surface area contributed by atoms with E-state index >= 15 is 0 Å². The highest BCUT2D eigenvalue weighted by Gasteiger charge is 2.09. The van der Waals surface area contributed by atoms with Gasteiger partial charge in [0.25, 0.3) is 0 Å². The van der Waals surface area contributed by atoms with Crippen molar-refractivity contribution in [3.63, 3.8) is 0 Å². The predicted octanol–water partition coefficient (Wildman–Crippen LogP) is 3.82. The summed E-state index contributed by atoms with van der Waals surface area (Å²) in [5.74, 6) is 1.61. The molecule has 2 N–H and O–H groups in total. The monoisotopic (exact) mass is 305 g/mol. The summed E-state index contributed by atoms with van der Waals surface area (Å²) < 4.78 is 11.2. The van der Waals surface area contributed by atoms with Crippen LogP contribution >= 0.6 is 11.6 Å². The van der Waals surface area contributed by atoms with Gasteiger partial charge in [0, 0.05) is 16.6 Å². The van der Waals surface area contributed by atoms with Gasteiger partial charge in [-0.1, -0.05) is 29.8 Å². The van der Waals surface area contributed by atoms with Crippen molar-refractivity contribution in [2.24, 2.45) is 5.73 Å². The molecule has 0 heterocycles. The fraction of sp³-hybridized carbons (Fsp3) is 0.294. The number of benzene rings is 2. The Morgan fingerprint density at radius 2 is 1.90 bits per heavy atom. The molecular formula is C17H20ClNO2. The standard InChI is InChI=1S/C17H20ClNO2/c1-12(19)9-14-10-15(20-2)7-8-17(14)21-11-13-5-3-4-6-16(13)18/h3-8,10,12H,9,11,19H2,1-2H3. The minimum absolute atomic E-state index is 0.0553. The molecule has 2 aromatic carbocycles. The summed E-state index contributed by atoms with van der Waals surface area (Å²) >= 11 is 6.14. The van der Waals surface area contributed by atoms with Crippen LogP contribution in [-0.4, -0.2) is 13.2 Å². The quantitative estimate of drug-likeness (QED) is 0.882. The minimum atomic E-state index is 0.0553. The van der Waals surface area contributed by atoms with Gasteiger partial charge >= 0.3 is 0 Å². The molecule has 0 fully saturated rings. The van der Waals surface area contributed by atoms with E-state index in [1.54, 1.807) is 7.11 Å². The topological polar surface area (TPSA) is 44.5 Å². The van der Waals surface area contributed by atoms with Gasteiger partial charge in [-0.15, -0.1) is 0 Å². The molecule has 0 aliphatic rings. The molecule has 21 heavy (non-hydrogen) atoms. The number of halogens is 1. The van der Waals surface area contributed by atoms with Crippen LogP contribution in [0.3, 0.4) is 0 Å². The number of methoxy groups -OCH3 is 1. The summed E-state index contributed by atoms with van der Waals surface area (Å²) in [5, 5.41) is 0.708.